The molecule has 3 aliphatic heterocycles. The number of nitrogens with zero attached hydrogens (tertiary/aromatic N) is 7. The van der Waals surface area contributed by atoms with Gasteiger partial charge in [-0.1, -0.05) is 0 Å². The van der Waals surface area contributed by atoms with Crippen molar-refractivity contribution in [3.8, 4) is 5.88 Å². The van der Waals surface area contributed by atoms with Crippen molar-refractivity contribution in [1.82, 2.24) is 29.9 Å². The number of halogens is 2. The van der Waals surface area contributed by atoms with Crippen molar-refractivity contribution in [3.05, 3.63) is 29.0 Å². The van der Waals surface area contributed by atoms with Gasteiger partial charge in [0.25, 0.3) is 11.8 Å². The van der Waals surface area contributed by atoms with Gasteiger partial charge in [0.2, 0.25) is 0 Å². The molecule has 0 radical (unpaired) electrons. The van der Waals surface area contributed by atoms with Crippen LogP contribution in [0.15, 0.2) is 6.20 Å². The molecule has 5 heterocycles. The second-order valence-corrected chi connectivity index (χ2v) is 11.4. The summed E-state index contributed by atoms with van der Waals surface area (Å²) < 4.78 is 41.8. The van der Waals surface area contributed by atoms with Crippen molar-refractivity contribution < 1.29 is 27.8 Å². The van der Waals surface area contributed by atoms with Crippen molar-refractivity contribution >= 4 is 34.7 Å². The standard InChI is InChI=1S/C26H29F2N9O4/c1-13(29)9-37-33-21-19(27)15-6-14(7-16(15)20(28)22(21)34-37)10-35-4-2-26(3-5-35)12-36(25(39)41-26)17-8-30-24-23(31-17)32-18(38)11-40-24/h8,13-14H,2-7,9-12,29H2,1H3,(H,31,32,38)/t13-/m0/s1. The molecule has 1 spiro atoms. The van der Waals surface area contributed by atoms with Gasteiger partial charge in [-0.3, -0.25) is 9.69 Å². The average Bonchev–Trinajstić information content (AvgIpc) is 3.64. The molecule has 3 N–H and O–H groups in total. The van der Waals surface area contributed by atoms with E-state index in [9.17, 15) is 9.59 Å². The summed E-state index contributed by atoms with van der Waals surface area (Å²) in [5.74, 6) is -0.638. The van der Waals surface area contributed by atoms with Crippen molar-refractivity contribution in [2.75, 3.05) is 43.0 Å². The summed E-state index contributed by atoms with van der Waals surface area (Å²) in [6.07, 6.45) is 2.98. The Balaban J connectivity index is 0.993. The summed E-state index contributed by atoms with van der Waals surface area (Å²) in [6.45, 7) is 4.25. The fourth-order valence-corrected chi connectivity index (χ4v) is 6.29. The minimum Gasteiger partial charge on any atom is -0.465 e. The number of ether oxygens (including phenoxy) is 2. The molecular formula is C26H29F2N9O4. The number of carbonyl (C=O) groups excluding carboxylic acids is 2. The van der Waals surface area contributed by atoms with E-state index >= 15 is 8.78 Å². The summed E-state index contributed by atoms with van der Waals surface area (Å²) >= 11 is 0. The Hall–Kier alpha value is -3.98. The maximum Gasteiger partial charge on any atom is 0.416 e. The maximum atomic E-state index is 15.4. The molecular weight excluding hydrogens is 540 g/mol. The van der Waals surface area contributed by atoms with E-state index in [2.05, 4.69) is 30.4 Å². The molecule has 1 atom stereocenters. The molecule has 1 aliphatic carbocycles. The number of aromatic nitrogens is 5. The molecule has 4 aliphatic rings. The number of nitrogens with two attached hydrogens (primary N) is 1. The summed E-state index contributed by atoms with van der Waals surface area (Å²) in [7, 11) is 0. The highest BCUT2D eigenvalue weighted by atomic mass is 19.1. The van der Waals surface area contributed by atoms with Crippen LogP contribution in [0.25, 0.3) is 11.0 Å². The van der Waals surface area contributed by atoms with Crippen molar-refractivity contribution in [1.29, 1.82) is 0 Å². The lowest BCUT2D eigenvalue weighted by Gasteiger charge is -2.38. The Morgan fingerprint density at radius 2 is 1.83 bits per heavy atom. The van der Waals surface area contributed by atoms with Gasteiger partial charge in [0, 0.05) is 38.5 Å². The quantitative estimate of drug-likeness (QED) is 0.461. The molecule has 2 amide bonds. The third-order valence-electron chi connectivity index (χ3n) is 8.26. The zero-order valence-corrected chi connectivity index (χ0v) is 22.4. The number of piperidine rings is 1. The lowest BCUT2D eigenvalue weighted by molar-refractivity contribution is -0.118. The first-order chi connectivity index (χ1) is 19.7. The van der Waals surface area contributed by atoms with Crippen molar-refractivity contribution in [2.24, 2.45) is 11.7 Å². The normalized spacial score (nSPS) is 21.1. The fourth-order valence-electron chi connectivity index (χ4n) is 6.29. The number of benzene rings is 1. The molecule has 2 fully saturated rings. The molecule has 3 aromatic rings. The highest BCUT2D eigenvalue weighted by molar-refractivity contribution is 5.94. The van der Waals surface area contributed by atoms with E-state index in [1.165, 1.54) is 15.9 Å². The third-order valence-corrected chi connectivity index (χ3v) is 8.26. The van der Waals surface area contributed by atoms with E-state index in [0.29, 0.717) is 63.0 Å². The predicted octanol–water partition coefficient (Wildman–Crippen LogP) is 1.38. The highest BCUT2D eigenvalue weighted by Crippen LogP contribution is 2.39. The van der Waals surface area contributed by atoms with E-state index in [0.717, 1.165) is 0 Å². The van der Waals surface area contributed by atoms with Gasteiger partial charge < -0.3 is 25.4 Å². The second kappa shape index (κ2) is 9.55. The smallest absolute Gasteiger partial charge is 0.416 e. The van der Waals surface area contributed by atoms with Gasteiger partial charge >= 0.3 is 6.09 Å². The summed E-state index contributed by atoms with van der Waals surface area (Å²) in [5, 5.41) is 10.9. The van der Waals surface area contributed by atoms with Crippen LogP contribution in [-0.4, -0.2) is 86.3 Å². The number of hydrogen-bond donors (Lipinski definition) is 2. The third kappa shape index (κ3) is 4.52. The molecule has 0 bridgehead atoms. The number of fused-ring (bicyclic) bond motifs is 3. The molecule has 1 aromatic carbocycles. The molecule has 41 heavy (non-hydrogen) atoms. The van der Waals surface area contributed by atoms with Crippen LogP contribution >= 0.6 is 0 Å². The van der Waals surface area contributed by atoms with Gasteiger partial charge in [0.1, 0.15) is 5.60 Å². The Kier molecular flexibility index (Phi) is 6.04. The molecule has 13 nitrogen and oxygen atoms in total. The molecule has 2 saturated heterocycles. The Bertz CT molecular complexity index is 1520. The lowest BCUT2D eigenvalue weighted by Crippen LogP contribution is -2.48. The number of anilines is 2. The van der Waals surface area contributed by atoms with Crippen molar-refractivity contribution in [2.45, 2.75) is 50.8 Å². The van der Waals surface area contributed by atoms with Crippen LogP contribution in [0.5, 0.6) is 5.88 Å². The van der Waals surface area contributed by atoms with Crippen LogP contribution in [0.1, 0.15) is 30.9 Å². The summed E-state index contributed by atoms with van der Waals surface area (Å²) in [5.41, 5.74) is 5.79. The predicted molar refractivity (Wildman–Crippen MR) is 140 cm³/mol. The van der Waals surface area contributed by atoms with Gasteiger partial charge in [-0.15, -0.1) is 0 Å². The van der Waals surface area contributed by atoms with E-state index in [-0.39, 0.29) is 59.6 Å². The van der Waals surface area contributed by atoms with E-state index < -0.39 is 23.3 Å². The SMILES string of the molecule is C[C@H](N)Cn1nc2c(F)c3c(c(F)c2n1)CC(CN1CCC2(CC1)CN(c1cnc4c(n1)NC(=O)CO4)C(=O)O2)C3. The summed E-state index contributed by atoms with van der Waals surface area (Å²) in [4.78, 5) is 37.9. The van der Waals surface area contributed by atoms with Gasteiger partial charge in [-0.2, -0.15) is 15.0 Å². The molecule has 216 valence electrons. The molecule has 7 rings (SSSR count). The number of likely N-dealkylation sites (tertiary alicyclic amines) is 1. The molecule has 0 unspecified atom stereocenters. The highest BCUT2D eigenvalue weighted by Gasteiger charge is 2.48. The van der Waals surface area contributed by atoms with Crippen LogP contribution in [0.3, 0.4) is 0 Å². The van der Waals surface area contributed by atoms with Crippen LogP contribution in [0, 0.1) is 17.6 Å². The Labute approximate surface area is 233 Å². The van der Waals surface area contributed by atoms with Crippen LogP contribution < -0.4 is 20.7 Å². The zero-order chi connectivity index (χ0) is 28.5. The number of hydrogen-bond acceptors (Lipinski definition) is 10. The number of carbonyl (C=O) groups is 2. The molecule has 15 heteroatoms. The first kappa shape index (κ1) is 26.0. The first-order valence-electron chi connectivity index (χ1n) is 13.7. The second-order valence-electron chi connectivity index (χ2n) is 11.4. The zero-order valence-electron chi connectivity index (χ0n) is 22.4. The number of amides is 2. The number of rotatable bonds is 5. The minimum atomic E-state index is -0.668. The first-order valence-corrected chi connectivity index (χ1v) is 13.7. The van der Waals surface area contributed by atoms with E-state index in [1.807, 2.05) is 0 Å². The van der Waals surface area contributed by atoms with Crippen LogP contribution in [0.2, 0.25) is 0 Å². The van der Waals surface area contributed by atoms with Crippen LogP contribution in [0.4, 0.5) is 25.2 Å². The van der Waals surface area contributed by atoms with Gasteiger partial charge in [0.05, 0.1) is 19.3 Å². The summed E-state index contributed by atoms with van der Waals surface area (Å²) in [6, 6.07) is -0.240. The Morgan fingerprint density at radius 1 is 1.15 bits per heavy atom. The molecule has 2 aromatic heterocycles. The lowest BCUT2D eigenvalue weighted by atomic mass is 9.90. The number of nitrogens with one attached hydrogen (secondary N) is 1. The monoisotopic (exact) mass is 569 g/mol. The molecule has 0 saturated carbocycles. The maximum absolute atomic E-state index is 15.4. The van der Waals surface area contributed by atoms with Crippen LogP contribution in [-0.2, 0) is 28.9 Å². The average molecular weight is 570 g/mol. The van der Waals surface area contributed by atoms with E-state index in [1.54, 1.807) is 6.92 Å². The Morgan fingerprint density at radius 3 is 2.49 bits per heavy atom. The topological polar surface area (TPSA) is 154 Å². The van der Waals surface area contributed by atoms with Gasteiger partial charge in [-0.05, 0) is 36.8 Å². The van der Waals surface area contributed by atoms with E-state index in [4.69, 9.17) is 15.2 Å². The fraction of sp³-hybridized carbons (Fsp3) is 0.538. The van der Waals surface area contributed by atoms with Gasteiger partial charge in [-0.25, -0.2) is 23.5 Å². The van der Waals surface area contributed by atoms with Gasteiger partial charge in [0.15, 0.2) is 40.9 Å². The largest absolute Gasteiger partial charge is 0.465 e. The minimum absolute atomic E-state index is 0.0476. The van der Waals surface area contributed by atoms with Crippen molar-refractivity contribution in [3.63, 3.8) is 0 Å².